The van der Waals surface area contributed by atoms with Crippen molar-refractivity contribution in [1.82, 2.24) is 0 Å². The van der Waals surface area contributed by atoms with Crippen molar-refractivity contribution in [3.63, 3.8) is 0 Å². The molecule has 0 radical (unpaired) electrons. The van der Waals surface area contributed by atoms with E-state index >= 15 is 0 Å². The summed E-state index contributed by atoms with van der Waals surface area (Å²) in [5.74, 6) is -0.412. The van der Waals surface area contributed by atoms with E-state index < -0.39 is 5.97 Å². The van der Waals surface area contributed by atoms with E-state index in [0.29, 0.717) is 5.70 Å². The highest BCUT2D eigenvalue weighted by atomic mass is 16.5. The summed E-state index contributed by atoms with van der Waals surface area (Å²) in [7, 11) is 1.31. The van der Waals surface area contributed by atoms with Gasteiger partial charge in [-0.25, -0.2) is 4.79 Å². The van der Waals surface area contributed by atoms with Gasteiger partial charge in [0, 0.05) is 11.8 Å². The Morgan fingerprint density at radius 2 is 1.90 bits per heavy atom. The minimum atomic E-state index is -0.412. The maximum atomic E-state index is 10.2. The summed E-state index contributed by atoms with van der Waals surface area (Å²) >= 11 is 0. The van der Waals surface area contributed by atoms with Gasteiger partial charge in [-0.3, -0.25) is 0 Å². The largest absolute Gasteiger partial charge is 0.466 e. The molecular formula is C7H15NO2. The molecule has 0 saturated heterocycles. The Labute approximate surface area is 61.9 Å². The smallest absolute Gasteiger partial charge is 0.332 e. The van der Waals surface area contributed by atoms with E-state index in [4.69, 9.17) is 5.73 Å². The van der Waals surface area contributed by atoms with Crippen LogP contribution in [0.15, 0.2) is 11.8 Å². The van der Waals surface area contributed by atoms with Crippen molar-refractivity contribution in [3.8, 4) is 0 Å². The Balaban J connectivity index is 0. The topological polar surface area (TPSA) is 52.3 Å². The van der Waals surface area contributed by atoms with Gasteiger partial charge in [0.05, 0.1) is 7.11 Å². The van der Waals surface area contributed by atoms with E-state index in [2.05, 4.69) is 4.74 Å². The van der Waals surface area contributed by atoms with E-state index in [0.717, 1.165) is 0 Å². The molecule has 0 amide bonds. The molecule has 0 aromatic heterocycles. The van der Waals surface area contributed by atoms with Gasteiger partial charge in [-0.05, 0) is 6.92 Å². The van der Waals surface area contributed by atoms with Gasteiger partial charge in [0.15, 0.2) is 0 Å². The van der Waals surface area contributed by atoms with Crippen LogP contribution in [0, 0.1) is 0 Å². The third kappa shape index (κ3) is 10.1. The fourth-order valence-corrected chi connectivity index (χ4v) is 0.245. The van der Waals surface area contributed by atoms with Crippen LogP contribution in [0.25, 0.3) is 0 Å². The fourth-order valence-electron chi connectivity index (χ4n) is 0.245. The zero-order valence-electron chi connectivity index (χ0n) is 6.97. The second-order valence-corrected chi connectivity index (χ2v) is 1.41. The first kappa shape index (κ1) is 11.8. The van der Waals surface area contributed by atoms with E-state index in [9.17, 15) is 4.79 Å². The maximum Gasteiger partial charge on any atom is 0.332 e. The highest BCUT2D eigenvalue weighted by Gasteiger charge is 1.89. The summed E-state index contributed by atoms with van der Waals surface area (Å²) in [6.07, 6.45) is 1.22. The summed E-state index contributed by atoms with van der Waals surface area (Å²) in [4.78, 5) is 10.2. The van der Waals surface area contributed by atoms with Crippen LogP contribution in [0.1, 0.15) is 20.8 Å². The molecule has 0 bridgehead atoms. The second kappa shape index (κ2) is 8.01. The van der Waals surface area contributed by atoms with Crippen molar-refractivity contribution >= 4 is 5.97 Å². The Hall–Kier alpha value is -0.990. The fraction of sp³-hybridized carbons (Fsp3) is 0.571. The molecule has 0 aliphatic carbocycles. The summed E-state index contributed by atoms with van der Waals surface area (Å²) in [5, 5.41) is 0. The van der Waals surface area contributed by atoms with Gasteiger partial charge in [-0.2, -0.15) is 0 Å². The lowest BCUT2D eigenvalue weighted by molar-refractivity contribution is -0.134. The van der Waals surface area contributed by atoms with Gasteiger partial charge < -0.3 is 10.5 Å². The van der Waals surface area contributed by atoms with Crippen LogP contribution in [0.2, 0.25) is 0 Å². The number of rotatable bonds is 1. The van der Waals surface area contributed by atoms with Crippen LogP contribution in [0.5, 0.6) is 0 Å². The number of carbonyl (C=O) groups is 1. The van der Waals surface area contributed by atoms with Gasteiger partial charge in [-0.1, -0.05) is 13.8 Å². The summed E-state index contributed by atoms with van der Waals surface area (Å²) in [6, 6.07) is 0. The van der Waals surface area contributed by atoms with Crippen molar-refractivity contribution in [3.05, 3.63) is 11.8 Å². The van der Waals surface area contributed by atoms with Gasteiger partial charge >= 0.3 is 5.97 Å². The number of allylic oxidation sites excluding steroid dienone is 1. The predicted octanol–water partition coefficient (Wildman–Crippen LogP) is 1.05. The lowest BCUT2D eigenvalue weighted by Crippen LogP contribution is -2.00. The van der Waals surface area contributed by atoms with Crippen LogP contribution in [0.4, 0.5) is 0 Å². The van der Waals surface area contributed by atoms with Crippen LogP contribution in [-0.2, 0) is 9.53 Å². The van der Waals surface area contributed by atoms with Crippen molar-refractivity contribution in [2.45, 2.75) is 20.8 Å². The molecule has 0 rings (SSSR count). The second-order valence-electron chi connectivity index (χ2n) is 1.41. The summed E-state index contributed by atoms with van der Waals surface area (Å²) in [5.41, 5.74) is 5.58. The number of methoxy groups -OCH3 is 1. The molecule has 0 aliphatic rings. The number of nitrogens with two attached hydrogens (primary N) is 1. The van der Waals surface area contributed by atoms with Gasteiger partial charge in [0.2, 0.25) is 0 Å². The minimum Gasteiger partial charge on any atom is -0.466 e. The SMILES string of the molecule is CC.COC(=O)/C=C(\C)N. The highest BCUT2D eigenvalue weighted by molar-refractivity contribution is 5.82. The van der Waals surface area contributed by atoms with E-state index in [1.807, 2.05) is 13.8 Å². The first-order valence-electron chi connectivity index (χ1n) is 3.18. The standard InChI is InChI=1S/C5H9NO2.C2H6/c1-4(6)3-5(7)8-2;1-2/h3H,6H2,1-2H3;1-2H3/b4-3+;. The molecule has 0 fully saturated rings. The first-order valence-corrected chi connectivity index (χ1v) is 3.18. The van der Waals surface area contributed by atoms with Crippen LogP contribution in [0.3, 0.4) is 0 Å². The summed E-state index contributed by atoms with van der Waals surface area (Å²) < 4.78 is 4.27. The molecular weight excluding hydrogens is 130 g/mol. The number of ether oxygens (including phenoxy) is 1. The maximum absolute atomic E-state index is 10.2. The van der Waals surface area contributed by atoms with Crippen LogP contribution in [-0.4, -0.2) is 13.1 Å². The normalized spacial score (nSPS) is 9.40. The monoisotopic (exact) mass is 145 g/mol. The first-order chi connectivity index (χ1) is 4.66. The molecule has 0 spiro atoms. The van der Waals surface area contributed by atoms with Gasteiger partial charge in [0.25, 0.3) is 0 Å². The molecule has 10 heavy (non-hydrogen) atoms. The van der Waals surface area contributed by atoms with Gasteiger partial charge in [-0.15, -0.1) is 0 Å². The minimum absolute atomic E-state index is 0.412. The third-order valence-corrected chi connectivity index (χ3v) is 0.547. The van der Waals surface area contributed by atoms with Crippen molar-refractivity contribution in [1.29, 1.82) is 0 Å². The zero-order chi connectivity index (χ0) is 8.57. The Morgan fingerprint density at radius 3 is 2.00 bits per heavy atom. The predicted molar refractivity (Wildman–Crippen MR) is 41.3 cm³/mol. The highest BCUT2D eigenvalue weighted by Crippen LogP contribution is 1.80. The molecule has 0 aliphatic heterocycles. The molecule has 0 atom stereocenters. The van der Waals surface area contributed by atoms with E-state index in [1.54, 1.807) is 6.92 Å². The number of hydrogen-bond acceptors (Lipinski definition) is 3. The molecule has 0 saturated carbocycles. The molecule has 3 nitrogen and oxygen atoms in total. The van der Waals surface area contributed by atoms with Crippen molar-refractivity contribution in [2.75, 3.05) is 7.11 Å². The average Bonchev–Trinajstić information content (AvgIpc) is 1.91. The quantitative estimate of drug-likeness (QED) is 0.443. The molecule has 0 aromatic rings. The van der Waals surface area contributed by atoms with Crippen molar-refractivity contribution in [2.24, 2.45) is 5.73 Å². The Morgan fingerprint density at radius 1 is 1.50 bits per heavy atom. The average molecular weight is 145 g/mol. The van der Waals surface area contributed by atoms with Crippen LogP contribution < -0.4 is 5.73 Å². The van der Waals surface area contributed by atoms with E-state index in [1.165, 1.54) is 13.2 Å². The molecule has 0 aromatic carbocycles. The molecule has 3 heteroatoms. The van der Waals surface area contributed by atoms with Gasteiger partial charge in [0.1, 0.15) is 0 Å². The lowest BCUT2D eigenvalue weighted by Gasteiger charge is -1.89. The van der Waals surface area contributed by atoms with Crippen LogP contribution >= 0.6 is 0 Å². The third-order valence-electron chi connectivity index (χ3n) is 0.547. The Bertz CT molecular complexity index is 115. The Kier molecular flexibility index (Phi) is 9.42. The molecule has 0 unspecified atom stereocenters. The van der Waals surface area contributed by atoms with E-state index in [-0.39, 0.29) is 0 Å². The zero-order valence-corrected chi connectivity index (χ0v) is 6.97. The van der Waals surface area contributed by atoms with Crippen molar-refractivity contribution < 1.29 is 9.53 Å². The molecule has 60 valence electrons. The number of hydrogen-bond donors (Lipinski definition) is 1. The number of esters is 1. The molecule has 0 heterocycles. The molecule has 2 N–H and O–H groups in total. The lowest BCUT2D eigenvalue weighted by atomic mass is 10.4. The summed E-state index contributed by atoms with van der Waals surface area (Å²) in [6.45, 7) is 5.62. The number of carbonyl (C=O) groups excluding carboxylic acids is 1.